The maximum absolute atomic E-state index is 13.5. The van der Waals surface area contributed by atoms with Gasteiger partial charge in [-0.3, -0.25) is 0 Å². The number of halogens is 3. The van der Waals surface area contributed by atoms with Gasteiger partial charge in [0.25, 0.3) is 0 Å². The van der Waals surface area contributed by atoms with Crippen LogP contribution in [0.1, 0.15) is 19.3 Å². The molecule has 0 radical (unpaired) electrons. The van der Waals surface area contributed by atoms with Crippen LogP contribution in [0.15, 0.2) is 23.1 Å². The number of piperidine rings is 1. The molecule has 2 N–H and O–H groups in total. The monoisotopic (exact) mass is 340 g/mol. The van der Waals surface area contributed by atoms with E-state index < -0.39 is 26.6 Å². The van der Waals surface area contributed by atoms with Crippen LogP contribution in [0.3, 0.4) is 0 Å². The Balaban J connectivity index is 0.00000220. The first-order valence-electron chi connectivity index (χ1n) is 6.64. The van der Waals surface area contributed by atoms with Crippen LogP contribution >= 0.6 is 12.4 Å². The number of rotatable bonds is 5. The fourth-order valence-corrected chi connectivity index (χ4v) is 3.46. The third-order valence-electron chi connectivity index (χ3n) is 3.43. The standard InChI is InChI=1S/C13H18F2N2O2S.ClH/c14-11-3-4-12(15)13(8-11)20(18,19)17-7-5-10-2-1-6-16-9-10;/h3-4,8,10,16-17H,1-2,5-7,9H2;1H. The zero-order valence-corrected chi connectivity index (χ0v) is 13.1. The molecule has 1 heterocycles. The van der Waals surface area contributed by atoms with Gasteiger partial charge < -0.3 is 5.32 Å². The minimum absolute atomic E-state index is 0. The Bertz CT molecular complexity index is 563. The van der Waals surface area contributed by atoms with Crippen molar-refractivity contribution in [2.75, 3.05) is 19.6 Å². The number of hydrogen-bond donors (Lipinski definition) is 2. The first-order chi connectivity index (χ1) is 9.49. The molecule has 1 unspecified atom stereocenters. The maximum atomic E-state index is 13.5. The summed E-state index contributed by atoms with van der Waals surface area (Å²) in [4.78, 5) is -0.640. The Kier molecular flexibility index (Phi) is 6.99. The van der Waals surface area contributed by atoms with E-state index in [1.54, 1.807) is 0 Å². The highest BCUT2D eigenvalue weighted by Gasteiger charge is 2.20. The Labute approximate surface area is 129 Å². The smallest absolute Gasteiger partial charge is 0.243 e. The van der Waals surface area contributed by atoms with Crippen molar-refractivity contribution in [3.05, 3.63) is 29.8 Å². The third-order valence-corrected chi connectivity index (χ3v) is 4.90. The topological polar surface area (TPSA) is 58.2 Å². The van der Waals surface area contributed by atoms with Crippen LogP contribution in [-0.2, 0) is 10.0 Å². The number of sulfonamides is 1. The summed E-state index contributed by atoms with van der Waals surface area (Å²) in [5, 5.41) is 3.24. The normalized spacial score (nSPS) is 19.0. The van der Waals surface area contributed by atoms with E-state index in [-0.39, 0.29) is 19.0 Å². The molecule has 1 saturated heterocycles. The maximum Gasteiger partial charge on any atom is 0.243 e. The zero-order chi connectivity index (χ0) is 14.6. The summed E-state index contributed by atoms with van der Waals surface area (Å²) < 4.78 is 52.6. The van der Waals surface area contributed by atoms with Crippen molar-refractivity contribution in [2.24, 2.45) is 5.92 Å². The van der Waals surface area contributed by atoms with E-state index in [0.717, 1.165) is 38.1 Å². The van der Waals surface area contributed by atoms with Crippen LogP contribution in [0.5, 0.6) is 0 Å². The van der Waals surface area contributed by atoms with Gasteiger partial charge in [0.15, 0.2) is 0 Å². The fourth-order valence-electron chi connectivity index (χ4n) is 2.33. The predicted octanol–water partition coefficient (Wildman–Crippen LogP) is 2.05. The number of benzene rings is 1. The third kappa shape index (κ3) is 5.18. The molecule has 1 aliphatic heterocycles. The van der Waals surface area contributed by atoms with Gasteiger partial charge in [0.2, 0.25) is 10.0 Å². The van der Waals surface area contributed by atoms with Gasteiger partial charge >= 0.3 is 0 Å². The zero-order valence-electron chi connectivity index (χ0n) is 11.4. The molecule has 0 bridgehead atoms. The molecule has 0 aliphatic carbocycles. The molecule has 2 rings (SSSR count). The van der Waals surface area contributed by atoms with Crippen LogP contribution < -0.4 is 10.0 Å². The highest BCUT2D eigenvalue weighted by atomic mass is 35.5. The van der Waals surface area contributed by atoms with Gasteiger partial charge in [-0.25, -0.2) is 21.9 Å². The van der Waals surface area contributed by atoms with Gasteiger partial charge in [0, 0.05) is 6.54 Å². The summed E-state index contributed by atoms with van der Waals surface area (Å²) in [6.07, 6.45) is 2.82. The lowest BCUT2D eigenvalue weighted by atomic mass is 9.96. The van der Waals surface area contributed by atoms with E-state index >= 15 is 0 Å². The van der Waals surface area contributed by atoms with Crippen molar-refractivity contribution in [1.82, 2.24) is 10.0 Å². The lowest BCUT2D eigenvalue weighted by Crippen LogP contribution is -2.33. The molecule has 120 valence electrons. The van der Waals surface area contributed by atoms with Crippen LogP contribution in [0, 0.1) is 17.6 Å². The summed E-state index contributed by atoms with van der Waals surface area (Å²) >= 11 is 0. The molecular formula is C13H19ClF2N2O2S. The van der Waals surface area contributed by atoms with E-state index in [2.05, 4.69) is 10.0 Å². The second kappa shape index (κ2) is 8.03. The van der Waals surface area contributed by atoms with Crippen molar-refractivity contribution in [2.45, 2.75) is 24.2 Å². The van der Waals surface area contributed by atoms with Crippen molar-refractivity contribution in [3.8, 4) is 0 Å². The molecule has 1 aromatic rings. The molecule has 1 aromatic carbocycles. The lowest BCUT2D eigenvalue weighted by Gasteiger charge is -2.22. The summed E-state index contributed by atoms with van der Waals surface area (Å²) in [6.45, 7) is 2.09. The lowest BCUT2D eigenvalue weighted by molar-refractivity contribution is 0.358. The second-order valence-electron chi connectivity index (χ2n) is 4.97. The van der Waals surface area contributed by atoms with E-state index in [9.17, 15) is 17.2 Å². The molecule has 0 saturated carbocycles. The van der Waals surface area contributed by atoms with Crippen LogP contribution in [0.25, 0.3) is 0 Å². The fraction of sp³-hybridized carbons (Fsp3) is 0.538. The highest BCUT2D eigenvalue weighted by molar-refractivity contribution is 7.89. The van der Waals surface area contributed by atoms with Gasteiger partial charge in [0.1, 0.15) is 16.5 Å². The van der Waals surface area contributed by atoms with E-state index in [4.69, 9.17) is 0 Å². The average molecular weight is 341 g/mol. The van der Waals surface area contributed by atoms with Gasteiger partial charge in [-0.1, -0.05) is 0 Å². The van der Waals surface area contributed by atoms with Crippen LogP contribution in [0.2, 0.25) is 0 Å². The predicted molar refractivity (Wildman–Crippen MR) is 79.0 cm³/mol. The molecule has 1 fully saturated rings. The summed E-state index contributed by atoms with van der Waals surface area (Å²) in [5.41, 5.74) is 0. The molecule has 4 nitrogen and oxygen atoms in total. The summed E-state index contributed by atoms with van der Waals surface area (Å²) in [7, 11) is -4.00. The molecular weight excluding hydrogens is 322 g/mol. The Morgan fingerprint density at radius 1 is 1.33 bits per heavy atom. The largest absolute Gasteiger partial charge is 0.316 e. The average Bonchev–Trinajstić information content (AvgIpc) is 2.42. The molecule has 1 aliphatic rings. The van der Waals surface area contributed by atoms with Crippen LogP contribution in [-0.4, -0.2) is 28.1 Å². The first-order valence-corrected chi connectivity index (χ1v) is 8.13. The number of hydrogen-bond acceptors (Lipinski definition) is 3. The molecule has 8 heteroatoms. The van der Waals surface area contributed by atoms with Crippen molar-refractivity contribution in [1.29, 1.82) is 0 Å². The quantitative estimate of drug-likeness (QED) is 0.862. The van der Waals surface area contributed by atoms with Crippen molar-refractivity contribution < 1.29 is 17.2 Å². The van der Waals surface area contributed by atoms with E-state index in [0.29, 0.717) is 18.4 Å². The second-order valence-corrected chi connectivity index (χ2v) is 6.71. The van der Waals surface area contributed by atoms with Crippen molar-refractivity contribution in [3.63, 3.8) is 0 Å². The molecule has 0 amide bonds. The molecule has 1 atom stereocenters. The highest BCUT2D eigenvalue weighted by Crippen LogP contribution is 2.17. The molecule has 0 spiro atoms. The Morgan fingerprint density at radius 3 is 2.76 bits per heavy atom. The van der Waals surface area contributed by atoms with Crippen LogP contribution in [0.4, 0.5) is 8.78 Å². The summed E-state index contributed by atoms with van der Waals surface area (Å²) in [6, 6.07) is 2.40. The molecule has 0 aromatic heterocycles. The minimum atomic E-state index is -4.00. The Morgan fingerprint density at radius 2 is 2.10 bits per heavy atom. The minimum Gasteiger partial charge on any atom is -0.316 e. The first kappa shape index (κ1) is 18.3. The molecule has 21 heavy (non-hydrogen) atoms. The van der Waals surface area contributed by atoms with Gasteiger partial charge in [-0.05, 0) is 56.5 Å². The number of nitrogens with one attached hydrogen (secondary N) is 2. The van der Waals surface area contributed by atoms with E-state index in [1.807, 2.05) is 0 Å². The van der Waals surface area contributed by atoms with Gasteiger partial charge in [-0.2, -0.15) is 0 Å². The van der Waals surface area contributed by atoms with Gasteiger partial charge in [0.05, 0.1) is 0 Å². The Hall–Kier alpha value is -0.760. The SMILES string of the molecule is Cl.O=S(=O)(NCCC1CCCNC1)c1cc(F)ccc1F. The van der Waals surface area contributed by atoms with Crippen molar-refractivity contribution >= 4 is 22.4 Å². The van der Waals surface area contributed by atoms with Gasteiger partial charge in [-0.15, -0.1) is 12.4 Å². The van der Waals surface area contributed by atoms with E-state index in [1.165, 1.54) is 0 Å². The summed E-state index contributed by atoms with van der Waals surface area (Å²) in [5.74, 6) is -1.30.